The molecule has 0 fully saturated rings. The number of rotatable bonds is 2. The van der Waals surface area contributed by atoms with Gasteiger partial charge in [0, 0.05) is 13.1 Å². The van der Waals surface area contributed by atoms with Crippen molar-refractivity contribution in [2.75, 3.05) is 11.4 Å². The van der Waals surface area contributed by atoms with Crippen molar-refractivity contribution in [3.05, 3.63) is 62.8 Å². The van der Waals surface area contributed by atoms with E-state index in [9.17, 15) is 10.1 Å². The monoisotopic (exact) mass is 303 g/mol. The third kappa shape index (κ3) is 2.97. The molecule has 0 amide bonds. The van der Waals surface area contributed by atoms with Crippen LogP contribution in [0.4, 0.5) is 11.5 Å². The Morgan fingerprint density at radius 3 is 2.76 bits per heavy atom. The van der Waals surface area contributed by atoms with E-state index in [1.54, 1.807) is 0 Å². The molecule has 0 bridgehead atoms. The molecule has 1 aromatic carbocycles. The SMILES string of the molecule is O=[N+]([O-])c1cc(Cl)nc(N2CCCc3ccccc3C2)c1. The van der Waals surface area contributed by atoms with E-state index in [1.807, 2.05) is 17.0 Å². The van der Waals surface area contributed by atoms with Gasteiger partial charge in [-0.3, -0.25) is 10.1 Å². The maximum Gasteiger partial charge on any atom is 0.276 e. The molecule has 1 aliphatic heterocycles. The van der Waals surface area contributed by atoms with E-state index >= 15 is 0 Å². The first-order chi connectivity index (χ1) is 10.1. The first-order valence-electron chi connectivity index (χ1n) is 6.77. The smallest absolute Gasteiger partial charge is 0.276 e. The molecule has 1 aromatic heterocycles. The molecule has 2 aromatic rings. The zero-order chi connectivity index (χ0) is 14.8. The summed E-state index contributed by atoms with van der Waals surface area (Å²) in [6.07, 6.45) is 1.99. The number of pyridine rings is 1. The van der Waals surface area contributed by atoms with Gasteiger partial charge in [0.05, 0.1) is 17.1 Å². The van der Waals surface area contributed by atoms with Gasteiger partial charge in [0.25, 0.3) is 5.69 Å². The van der Waals surface area contributed by atoms with Crippen molar-refractivity contribution in [1.82, 2.24) is 4.98 Å². The molecule has 21 heavy (non-hydrogen) atoms. The fourth-order valence-electron chi connectivity index (χ4n) is 2.63. The molecular formula is C15H14ClN3O2. The van der Waals surface area contributed by atoms with Gasteiger partial charge < -0.3 is 4.90 Å². The highest BCUT2D eigenvalue weighted by atomic mass is 35.5. The summed E-state index contributed by atoms with van der Waals surface area (Å²) >= 11 is 5.91. The molecule has 0 unspecified atom stereocenters. The molecule has 1 aliphatic rings. The van der Waals surface area contributed by atoms with Crippen molar-refractivity contribution in [3.8, 4) is 0 Å². The Labute approximate surface area is 127 Å². The molecule has 0 N–H and O–H groups in total. The van der Waals surface area contributed by atoms with Crippen LogP contribution in [0.3, 0.4) is 0 Å². The van der Waals surface area contributed by atoms with Crippen molar-refractivity contribution >= 4 is 23.1 Å². The molecule has 2 heterocycles. The summed E-state index contributed by atoms with van der Waals surface area (Å²) in [6.45, 7) is 1.50. The lowest BCUT2D eigenvalue weighted by atomic mass is 10.0. The van der Waals surface area contributed by atoms with Crippen LogP contribution < -0.4 is 4.90 Å². The number of benzene rings is 1. The summed E-state index contributed by atoms with van der Waals surface area (Å²) < 4.78 is 0. The fraction of sp³-hybridized carbons (Fsp3) is 0.267. The minimum Gasteiger partial charge on any atom is -0.352 e. The van der Waals surface area contributed by atoms with E-state index in [-0.39, 0.29) is 10.8 Å². The minimum atomic E-state index is -0.442. The largest absolute Gasteiger partial charge is 0.352 e. The van der Waals surface area contributed by atoms with Crippen LogP contribution >= 0.6 is 11.6 Å². The van der Waals surface area contributed by atoms with E-state index in [2.05, 4.69) is 17.1 Å². The molecule has 0 saturated heterocycles. The third-order valence-corrected chi connectivity index (χ3v) is 3.85. The van der Waals surface area contributed by atoms with Gasteiger partial charge in [0.2, 0.25) is 0 Å². The van der Waals surface area contributed by atoms with Crippen LogP contribution in [0.15, 0.2) is 36.4 Å². The van der Waals surface area contributed by atoms with Gasteiger partial charge in [-0.05, 0) is 24.0 Å². The van der Waals surface area contributed by atoms with E-state index in [1.165, 1.54) is 23.3 Å². The van der Waals surface area contributed by atoms with Gasteiger partial charge in [-0.25, -0.2) is 4.98 Å². The van der Waals surface area contributed by atoms with Gasteiger partial charge in [0.15, 0.2) is 0 Å². The summed E-state index contributed by atoms with van der Waals surface area (Å²) in [7, 11) is 0. The fourth-order valence-corrected chi connectivity index (χ4v) is 2.83. The van der Waals surface area contributed by atoms with Crippen LogP contribution in [0.5, 0.6) is 0 Å². The molecule has 6 heteroatoms. The topological polar surface area (TPSA) is 59.3 Å². The van der Waals surface area contributed by atoms with Crippen LogP contribution in [0.25, 0.3) is 0 Å². The van der Waals surface area contributed by atoms with E-state index in [0.717, 1.165) is 19.4 Å². The summed E-state index contributed by atoms with van der Waals surface area (Å²) in [5.41, 5.74) is 2.54. The van der Waals surface area contributed by atoms with Gasteiger partial charge >= 0.3 is 0 Å². The van der Waals surface area contributed by atoms with Gasteiger partial charge in [-0.2, -0.15) is 0 Å². The average Bonchev–Trinajstić information content (AvgIpc) is 2.68. The highest BCUT2D eigenvalue weighted by molar-refractivity contribution is 6.29. The number of aryl methyl sites for hydroxylation is 1. The highest BCUT2D eigenvalue weighted by Gasteiger charge is 2.18. The third-order valence-electron chi connectivity index (χ3n) is 3.65. The molecule has 0 radical (unpaired) electrons. The summed E-state index contributed by atoms with van der Waals surface area (Å²) in [5.74, 6) is 0.561. The molecule has 0 aliphatic carbocycles. The zero-order valence-electron chi connectivity index (χ0n) is 11.3. The number of fused-ring (bicyclic) bond motifs is 1. The predicted octanol–water partition coefficient (Wildman–Crippen LogP) is 3.60. The Balaban J connectivity index is 1.95. The van der Waals surface area contributed by atoms with E-state index in [4.69, 9.17) is 11.6 Å². The molecule has 0 saturated carbocycles. The number of hydrogen-bond donors (Lipinski definition) is 0. The lowest BCUT2D eigenvalue weighted by molar-refractivity contribution is -0.384. The number of nitrogens with zero attached hydrogens (tertiary/aromatic N) is 3. The summed E-state index contributed by atoms with van der Waals surface area (Å²) in [5, 5.41) is 11.1. The van der Waals surface area contributed by atoms with E-state index in [0.29, 0.717) is 12.4 Å². The lowest BCUT2D eigenvalue weighted by Crippen LogP contribution is -2.23. The van der Waals surface area contributed by atoms with Gasteiger partial charge in [0.1, 0.15) is 11.0 Å². The zero-order valence-corrected chi connectivity index (χ0v) is 12.1. The first kappa shape index (κ1) is 13.8. The number of anilines is 1. The Morgan fingerprint density at radius 2 is 2.00 bits per heavy atom. The molecule has 3 rings (SSSR count). The van der Waals surface area contributed by atoms with Crippen LogP contribution in [0.2, 0.25) is 5.15 Å². The minimum absolute atomic E-state index is 0.0254. The Kier molecular flexibility index (Phi) is 3.75. The number of hydrogen-bond acceptors (Lipinski definition) is 4. The summed E-state index contributed by atoms with van der Waals surface area (Å²) in [4.78, 5) is 16.8. The van der Waals surface area contributed by atoms with E-state index < -0.39 is 4.92 Å². The van der Waals surface area contributed by atoms with Crippen LogP contribution in [0, 0.1) is 10.1 Å². The molecule has 0 spiro atoms. The van der Waals surface area contributed by atoms with Crippen molar-refractivity contribution < 1.29 is 4.92 Å². The molecule has 5 nitrogen and oxygen atoms in total. The predicted molar refractivity (Wildman–Crippen MR) is 81.7 cm³/mol. The standard InChI is InChI=1S/C15H14ClN3O2/c16-14-8-13(19(20)21)9-15(17-14)18-7-3-6-11-4-1-2-5-12(11)10-18/h1-2,4-5,8-9H,3,6-7,10H2. The Bertz CT molecular complexity index is 690. The number of nitro groups is 1. The molecule has 0 atom stereocenters. The Morgan fingerprint density at radius 1 is 1.24 bits per heavy atom. The van der Waals surface area contributed by atoms with Gasteiger partial charge in [-0.15, -0.1) is 0 Å². The lowest BCUT2D eigenvalue weighted by Gasteiger charge is -2.22. The number of aromatic nitrogens is 1. The summed E-state index contributed by atoms with van der Waals surface area (Å²) in [6, 6.07) is 11.0. The highest BCUT2D eigenvalue weighted by Crippen LogP contribution is 2.27. The second-order valence-corrected chi connectivity index (χ2v) is 5.44. The van der Waals surface area contributed by atoms with Crippen molar-refractivity contribution in [1.29, 1.82) is 0 Å². The average molecular weight is 304 g/mol. The van der Waals surface area contributed by atoms with Crippen LogP contribution in [0.1, 0.15) is 17.5 Å². The second kappa shape index (κ2) is 5.69. The Hall–Kier alpha value is -2.14. The second-order valence-electron chi connectivity index (χ2n) is 5.06. The maximum atomic E-state index is 11.0. The quantitative estimate of drug-likeness (QED) is 0.483. The van der Waals surface area contributed by atoms with Crippen molar-refractivity contribution in [2.45, 2.75) is 19.4 Å². The van der Waals surface area contributed by atoms with Crippen molar-refractivity contribution in [2.24, 2.45) is 0 Å². The molecular weight excluding hydrogens is 290 g/mol. The van der Waals surface area contributed by atoms with Crippen molar-refractivity contribution in [3.63, 3.8) is 0 Å². The molecule has 108 valence electrons. The first-order valence-corrected chi connectivity index (χ1v) is 7.15. The maximum absolute atomic E-state index is 11.0. The van der Waals surface area contributed by atoms with Crippen LogP contribution in [-0.4, -0.2) is 16.5 Å². The van der Waals surface area contributed by atoms with Crippen LogP contribution in [-0.2, 0) is 13.0 Å². The number of halogens is 1. The normalized spacial score (nSPS) is 14.4. The van der Waals surface area contributed by atoms with Gasteiger partial charge in [-0.1, -0.05) is 35.9 Å².